The summed E-state index contributed by atoms with van der Waals surface area (Å²) in [6, 6.07) is 0. The van der Waals surface area contributed by atoms with Gasteiger partial charge in [0.05, 0.1) is 13.2 Å². The van der Waals surface area contributed by atoms with E-state index in [4.69, 9.17) is 14.9 Å². The van der Waals surface area contributed by atoms with E-state index in [9.17, 15) is 0 Å². The molecule has 0 aliphatic rings. The summed E-state index contributed by atoms with van der Waals surface area (Å²) >= 11 is 0. The van der Waals surface area contributed by atoms with Crippen molar-refractivity contribution in [2.75, 3.05) is 26.4 Å². The van der Waals surface area contributed by atoms with E-state index in [0.717, 1.165) is 12.8 Å². The molecule has 0 unspecified atom stereocenters. The van der Waals surface area contributed by atoms with Crippen molar-refractivity contribution < 1.29 is 14.9 Å². The lowest BCUT2D eigenvalue weighted by atomic mass is 9.97. The highest BCUT2D eigenvalue weighted by Crippen LogP contribution is 2.13. The fraction of sp³-hybridized carbons (Fsp3) is 1.00. The van der Waals surface area contributed by atoms with Crippen LogP contribution in [0.1, 0.15) is 86.1 Å². The maximum Gasteiger partial charge on any atom is 0.0539 e. The van der Waals surface area contributed by atoms with Crippen LogP contribution in [0.25, 0.3) is 0 Å². The predicted molar refractivity (Wildman–Crippen MR) is 102 cm³/mol. The molecule has 0 heterocycles. The third-order valence-electron chi connectivity index (χ3n) is 1.62. The smallest absolute Gasteiger partial charge is 0.0539 e. The highest BCUT2D eigenvalue weighted by Gasteiger charge is 2.15. The largest absolute Gasteiger partial charge is 0.396 e. The van der Waals surface area contributed by atoms with Crippen molar-refractivity contribution in [1.29, 1.82) is 0 Å². The van der Waals surface area contributed by atoms with Crippen LogP contribution in [0.5, 0.6) is 0 Å². The lowest BCUT2D eigenvalue weighted by Crippen LogP contribution is -2.23. The third kappa shape index (κ3) is 43.0. The highest BCUT2D eigenvalue weighted by atomic mass is 16.5. The molecular formula is C17H52O3. The van der Waals surface area contributed by atoms with Gasteiger partial charge < -0.3 is 14.9 Å². The van der Waals surface area contributed by atoms with Crippen molar-refractivity contribution in [3.8, 4) is 0 Å². The molecule has 3 heteroatoms. The van der Waals surface area contributed by atoms with Gasteiger partial charge in [-0.2, -0.15) is 0 Å². The molecule has 0 aromatic rings. The molecule has 0 rings (SSSR count). The molecule has 0 fully saturated rings. The molecule has 0 amide bonds. The van der Waals surface area contributed by atoms with E-state index >= 15 is 0 Å². The van der Waals surface area contributed by atoms with Gasteiger partial charge in [0.15, 0.2) is 0 Å². The highest BCUT2D eigenvalue weighted by molar-refractivity contribution is 4.64. The van der Waals surface area contributed by atoms with Gasteiger partial charge in [-0.15, -0.1) is 0 Å². The van der Waals surface area contributed by atoms with Crippen molar-refractivity contribution in [3.05, 3.63) is 0 Å². The summed E-state index contributed by atoms with van der Waals surface area (Å²) in [5.74, 6) is 0. The Hall–Kier alpha value is -0.120. The summed E-state index contributed by atoms with van der Waals surface area (Å²) in [6.07, 6.45) is 1.68. The van der Waals surface area contributed by atoms with Crippen LogP contribution in [0.15, 0.2) is 0 Å². The fourth-order valence-corrected chi connectivity index (χ4v) is 0.710. The summed E-state index contributed by atoms with van der Waals surface area (Å²) < 4.78 is 5.32. The van der Waals surface area contributed by atoms with Gasteiger partial charge in [0, 0.05) is 18.6 Å². The molecule has 0 spiro atoms. The Labute approximate surface area is 133 Å². The van der Waals surface area contributed by atoms with E-state index in [1.165, 1.54) is 0 Å². The number of rotatable bonds is 7. The lowest BCUT2D eigenvalue weighted by Gasteiger charge is -2.20. The Morgan fingerprint density at radius 1 is 0.750 bits per heavy atom. The molecule has 0 aliphatic heterocycles. The van der Waals surface area contributed by atoms with Crippen LogP contribution in [0.4, 0.5) is 0 Å². The molecular weight excluding hydrogens is 252 g/mol. The first-order chi connectivity index (χ1) is 5.62. The van der Waals surface area contributed by atoms with Crippen LogP contribution >= 0.6 is 0 Å². The summed E-state index contributed by atoms with van der Waals surface area (Å²) in [5.41, 5.74) is -0.140. The number of hydrogen-bond acceptors (Lipinski definition) is 3. The SMILES string of the molecule is C.C.C.C.C.C.C.C.CC(C)(CO)COCCCCO. The minimum absolute atomic E-state index is 0. The topological polar surface area (TPSA) is 49.7 Å². The van der Waals surface area contributed by atoms with Crippen LogP contribution in [0, 0.1) is 5.41 Å². The van der Waals surface area contributed by atoms with Crippen LogP contribution in [-0.4, -0.2) is 36.6 Å². The summed E-state index contributed by atoms with van der Waals surface area (Å²) in [6.45, 7) is 5.54. The number of aliphatic hydroxyl groups excluding tert-OH is 2. The Bertz CT molecular complexity index is 104. The zero-order chi connectivity index (χ0) is 9.45. The summed E-state index contributed by atoms with van der Waals surface area (Å²) in [5, 5.41) is 17.4. The second kappa shape index (κ2) is 36.4. The molecule has 0 bridgehead atoms. The van der Waals surface area contributed by atoms with Crippen LogP contribution < -0.4 is 0 Å². The van der Waals surface area contributed by atoms with Gasteiger partial charge in [-0.05, 0) is 12.8 Å². The molecule has 2 N–H and O–H groups in total. The predicted octanol–water partition coefficient (Wildman–Crippen LogP) is 5.88. The maximum atomic E-state index is 8.88. The second-order valence-corrected chi connectivity index (χ2v) is 3.81. The molecule has 0 aromatic carbocycles. The van der Waals surface area contributed by atoms with Crippen LogP contribution in [0.2, 0.25) is 0 Å². The summed E-state index contributed by atoms with van der Waals surface area (Å²) in [4.78, 5) is 0. The van der Waals surface area contributed by atoms with Gasteiger partial charge in [0.1, 0.15) is 0 Å². The van der Waals surface area contributed by atoms with Gasteiger partial charge in [0.2, 0.25) is 0 Å². The van der Waals surface area contributed by atoms with Gasteiger partial charge >= 0.3 is 0 Å². The van der Waals surface area contributed by atoms with E-state index in [1.54, 1.807) is 0 Å². The molecule has 138 valence electrons. The Kier molecular flexibility index (Phi) is 109. The fourth-order valence-electron chi connectivity index (χ4n) is 0.710. The normalized spacial score (nSPS) is 7.20. The minimum atomic E-state index is -0.140. The van der Waals surface area contributed by atoms with E-state index in [-0.39, 0.29) is 78.0 Å². The van der Waals surface area contributed by atoms with Crippen molar-refractivity contribution in [2.45, 2.75) is 86.1 Å². The second-order valence-electron chi connectivity index (χ2n) is 3.81. The molecule has 0 atom stereocenters. The molecule has 0 saturated heterocycles. The molecule has 0 radical (unpaired) electrons. The van der Waals surface area contributed by atoms with Gasteiger partial charge in [-0.3, -0.25) is 0 Å². The number of ether oxygens (including phenoxy) is 1. The Balaban J connectivity index is -0.0000000216. The van der Waals surface area contributed by atoms with Crippen LogP contribution in [-0.2, 0) is 4.74 Å². The average molecular weight is 305 g/mol. The van der Waals surface area contributed by atoms with Crippen molar-refractivity contribution >= 4 is 0 Å². The van der Waals surface area contributed by atoms with Gasteiger partial charge in [0.25, 0.3) is 0 Å². The Morgan fingerprint density at radius 3 is 1.45 bits per heavy atom. The average Bonchev–Trinajstić information content (AvgIpc) is 2.04. The van der Waals surface area contributed by atoms with Crippen LogP contribution in [0.3, 0.4) is 0 Å². The standard InChI is InChI=1S/C9H20O3.8CH4/c1-9(2,7-11)8-12-6-4-3-5-10;;;;;;;;/h10-11H,3-8H2,1-2H3;8*1H4. The zero-order valence-corrected chi connectivity index (χ0v) is 8.05. The first-order valence-corrected chi connectivity index (χ1v) is 4.42. The third-order valence-corrected chi connectivity index (χ3v) is 1.62. The van der Waals surface area contributed by atoms with Crippen molar-refractivity contribution in [3.63, 3.8) is 0 Å². The van der Waals surface area contributed by atoms with Gasteiger partial charge in [-0.25, -0.2) is 0 Å². The summed E-state index contributed by atoms with van der Waals surface area (Å²) in [7, 11) is 0. The number of aliphatic hydroxyl groups is 2. The van der Waals surface area contributed by atoms with E-state index < -0.39 is 0 Å². The van der Waals surface area contributed by atoms with E-state index in [1.807, 2.05) is 13.8 Å². The number of hydrogen-bond donors (Lipinski definition) is 2. The Morgan fingerprint density at radius 2 is 1.15 bits per heavy atom. The molecule has 0 saturated carbocycles. The lowest BCUT2D eigenvalue weighted by molar-refractivity contribution is 0.0256. The monoisotopic (exact) mass is 304 g/mol. The molecule has 0 aromatic heterocycles. The molecule has 20 heavy (non-hydrogen) atoms. The maximum absolute atomic E-state index is 8.88. The van der Waals surface area contributed by atoms with E-state index in [2.05, 4.69) is 0 Å². The first-order valence-electron chi connectivity index (χ1n) is 4.42. The van der Waals surface area contributed by atoms with Crippen molar-refractivity contribution in [2.24, 2.45) is 5.41 Å². The first kappa shape index (κ1) is 59.9. The van der Waals surface area contributed by atoms with Crippen molar-refractivity contribution in [1.82, 2.24) is 0 Å². The van der Waals surface area contributed by atoms with E-state index in [0.29, 0.717) is 13.2 Å². The van der Waals surface area contributed by atoms with Gasteiger partial charge in [-0.1, -0.05) is 73.3 Å². The zero-order valence-electron chi connectivity index (χ0n) is 8.05. The quantitative estimate of drug-likeness (QED) is 0.577. The minimum Gasteiger partial charge on any atom is -0.396 e. The molecule has 0 aliphatic carbocycles. The molecule has 3 nitrogen and oxygen atoms in total. The number of unbranched alkanes of at least 4 members (excludes halogenated alkanes) is 1.